The maximum absolute atomic E-state index is 13.1. The minimum Gasteiger partial charge on any atom is -0.379 e. The van der Waals surface area contributed by atoms with Crippen LogP contribution < -0.4 is 0 Å². The lowest BCUT2D eigenvalue weighted by Crippen LogP contribution is -2.61. The molecule has 29 heavy (non-hydrogen) atoms. The number of amides is 1. The fraction of sp³-hybridized carbons (Fsp3) is 0.708. The first-order valence-corrected chi connectivity index (χ1v) is 11.7. The first kappa shape index (κ1) is 20.8. The van der Waals surface area contributed by atoms with Crippen molar-refractivity contribution in [2.45, 2.75) is 63.0 Å². The summed E-state index contributed by atoms with van der Waals surface area (Å²) in [5.74, 6) is -0.0463. The maximum Gasteiger partial charge on any atom is 0.255 e. The van der Waals surface area contributed by atoms with Gasteiger partial charge >= 0.3 is 0 Å². The molecule has 1 aromatic rings. The molecule has 0 radical (unpaired) electrons. The van der Waals surface area contributed by atoms with Crippen LogP contribution in [0.25, 0.3) is 0 Å². The third-order valence-corrected chi connectivity index (χ3v) is 7.17. The number of hydrogen-bond acceptors (Lipinski definition) is 4. The van der Waals surface area contributed by atoms with Crippen LogP contribution in [0.3, 0.4) is 0 Å². The molecule has 1 aliphatic carbocycles. The zero-order valence-electron chi connectivity index (χ0n) is 17.8. The number of carbonyl (C=O) groups excluding carboxylic acids is 1. The number of hydrogen-bond donors (Lipinski definition) is 1. The van der Waals surface area contributed by atoms with Crippen LogP contribution in [0.2, 0.25) is 0 Å². The van der Waals surface area contributed by atoms with Gasteiger partial charge in [0.15, 0.2) is 5.60 Å². The molecule has 160 valence electrons. The van der Waals surface area contributed by atoms with E-state index in [1.165, 1.54) is 31.2 Å². The monoisotopic (exact) mass is 399 g/mol. The summed E-state index contributed by atoms with van der Waals surface area (Å²) in [5.41, 5.74) is 0.118. The van der Waals surface area contributed by atoms with Crippen LogP contribution in [0.4, 0.5) is 0 Å². The van der Waals surface area contributed by atoms with Crippen LogP contribution in [0.5, 0.6) is 0 Å². The topological polar surface area (TPSA) is 47.0 Å². The second-order valence-electron chi connectivity index (χ2n) is 9.27. The van der Waals surface area contributed by atoms with Gasteiger partial charge in [-0.05, 0) is 44.1 Å². The zero-order chi connectivity index (χ0) is 20.1. The standard InChI is InChI=1S/C24H37N3O2/c28-23-24(29,20-25-16-18-26(19-17-25)22-11-4-5-12-22)13-7-15-27(23)14-6-10-21-8-2-1-3-9-21/h1-3,8-9,22,29H,4-7,10-20H2/t24-/m0/s1. The van der Waals surface area contributed by atoms with Crippen molar-refractivity contribution in [1.82, 2.24) is 14.7 Å². The van der Waals surface area contributed by atoms with E-state index in [-0.39, 0.29) is 5.91 Å². The van der Waals surface area contributed by atoms with Crippen LogP contribution in [-0.2, 0) is 11.2 Å². The number of piperazine rings is 1. The van der Waals surface area contributed by atoms with Gasteiger partial charge in [-0.1, -0.05) is 43.2 Å². The molecule has 0 unspecified atom stereocenters. The highest BCUT2D eigenvalue weighted by Gasteiger charge is 2.43. The summed E-state index contributed by atoms with van der Waals surface area (Å²) in [7, 11) is 0. The van der Waals surface area contributed by atoms with Crippen molar-refractivity contribution in [3.63, 3.8) is 0 Å². The summed E-state index contributed by atoms with van der Waals surface area (Å²) in [4.78, 5) is 19.9. The van der Waals surface area contributed by atoms with Gasteiger partial charge in [0, 0.05) is 51.9 Å². The van der Waals surface area contributed by atoms with Crippen LogP contribution >= 0.6 is 0 Å². The van der Waals surface area contributed by atoms with E-state index in [2.05, 4.69) is 34.1 Å². The largest absolute Gasteiger partial charge is 0.379 e. The third-order valence-electron chi connectivity index (χ3n) is 7.17. The second-order valence-corrected chi connectivity index (χ2v) is 9.27. The van der Waals surface area contributed by atoms with E-state index >= 15 is 0 Å². The van der Waals surface area contributed by atoms with E-state index in [4.69, 9.17) is 0 Å². The third kappa shape index (κ3) is 5.19. The first-order chi connectivity index (χ1) is 14.1. The Bertz CT molecular complexity index is 653. The molecule has 2 saturated heterocycles. The van der Waals surface area contributed by atoms with Gasteiger partial charge in [0.1, 0.15) is 0 Å². The SMILES string of the molecule is O=C1N(CCCc2ccccc2)CCC[C@]1(O)CN1CCN(C2CCCC2)CC1. The molecule has 1 amide bonds. The molecule has 0 aromatic heterocycles. The molecule has 1 saturated carbocycles. The number of rotatable bonds is 7. The molecule has 2 aliphatic heterocycles. The summed E-state index contributed by atoms with van der Waals surface area (Å²) in [6.07, 6.45) is 8.87. The molecule has 1 N–H and O–H groups in total. The highest BCUT2D eigenvalue weighted by Crippen LogP contribution is 2.27. The number of benzene rings is 1. The van der Waals surface area contributed by atoms with E-state index in [0.717, 1.165) is 64.6 Å². The molecular weight excluding hydrogens is 362 g/mol. The summed E-state index contributed by atoms with van der Waals surface area (Å²) in [5, 5.41) is 11.2. The molecule has 0 spiro atoms. The van der Waals surface area contributed by atoms with Crippen LogP contribution in [0.1, 0.15) is 50.5 Å². The fourth-order valence-electron chi connectivity index (χ4n) is 5.47. The lowest BCUT2D eigenvalue weighted by molar-refractivity contribution is -0.160. The van der Waals surface area contributed by atoms with Gasteiger partial charge in [0.25, 0.3) is 5.91 Å². The van der Waals surface area contributed by atoms with Crippen LogP contribution in [0.15, 0.2) is 30.3 Å². The van der Waals surface area contributed by atoms with E-state index < -0.39 is 5.60 Å². The highest BCUT2D eigenvalue weighted by atomic mass is 16.3. The maximum atomic E-state index is 13.1. The van der Waals surface area contributed by atoms with Gasteiger partial charge in [0.05, 0.1) is 0 Å². The molecule has 1 aromatic carbocycles. The van der Waals surface area contributed by atoms with Crippen LogP contribution in [0, 0.1) is 0 Å². The predicted octanol–water partition coefficient (Wildman–Crippen LogP) is 2.53. The van der Waals surface area contributed by atoms with Gasteiger partial charge in [-0.3, -0.25) is 14.6 Å². The predicted molar refractivity (Wildman–Crippen MR) is 116 cm³/mol. The van der Waals surface area contributed by atoms with Gasteiger partial charge in [-0.25, -0.2) is 0 Å². The number of aliphatic hydroxyl groups is 1. The molecule has 3 fully saturated rings. The zero-order valence-corrected chi connectivity index (χ0v) is 17.8. The van der Waals surface area contributed by atoms with Gasteiger partial charge < -0.3 is 10.0 Å². The Balaban J connectivity index is 1.25. The normalized spacial score (nSPS) is 27.6. The van der Waals surface area contributed by atoms with E-state index in [9.17, 15) is 9.90 Å². The molecular formula is C24H37N3O2. The first-order valence-electron chi connectivity index (χ1n) is 11.7. The van der Waals surface area contributed by atoms with E-state index in [1.54, 1.807) is 0 Å². The lowest BCUT2D eigenvalue weighted by Gasteiger charge is -2.44. The quantitative estimate of drug-likeness (QED) is 0.765. The summed E-state index contributed by atoms with van der Waals surface area (Å²) in [6, 6.07) is 11.2. The number of carbonyl (C=O) groups is 1. The van der Waals surface area contributed by atoms with Crippen molar-refractivity contribution < 1.29 is 9.90 Å². The summed E-state index contributed by atoms with van der Waals surface area (Å²) >= 11 is 0. The Morgan fingerprint density at radius 3 is 2.41 bits per heavy atom. The fourth-order valence-corrected chi connectivity index (χ4v) is 5.47. The average Bonchev–Trinajstić information content (AvgIpc) is 3.28. The van der Waals surface area contributed by atoms with Crippen molar-refractivity contribution in [3.05, 3.63) is 35.9 Å². The van der Waals surface area contributed by atoms with E-state index in [0.29, 0.717) is 13.0 Å². The van der Waals surface area contributed by atoms with Crippen molar-refractivity contribution in [2.24, 2.45) is 0 Å². The Hall–Kier alpha value is -1.43. The van der Waals surface area contributed by atoms with Crippen molar-refractivity contribution >= 4 is 5.91 Å². The molecule has 5 heteroatoms. The van der Waals surface area contributed by atoms with Crippen LogP contribution in [-0.4, -0.2) is 83.2 Å². The molecule has 4 rings (SSSR count). The average molecular weight is 400 g/mol. The number of piperidine rings is 1. The van der Waals surface area contributed by atoms with Gasteiger partial charge in [0.2, 0.25) is 0 Å². The lowest BCUT2D eigenvalue weighted by atomic mass is 9.90. The van der Waals surface area contributed by atoms with E-state index in [1.807, 2.05) is 11.0 Å². The minimum absolute atomic E-state index is 0.0463. The molecule has 5 nitrogen and oxygen atoms in total. The van der Waals surface area contributed by atoms with Crippen molar-refractivity contribution in [3.8, 4) is 0 Å². The number of nitrogens with zero attached hydrogens (tertiary/aromatic N) is 3. The summed E-state index contributed by atoms with van der Waals surface area (Å²) in [6.45, 7) is 6.13. The minimum atomic E-state index is -1.19. The second kappa shape index (κ2) is 9.59. The Morgan fingerprint density at radius 2 is 1.69 bits per heavy atom. The highest BCUT2D eigenvalue weighted by molar-refractivity contribution is 5.86. The smallest absolute Gasteiger partial charge is 0.255 e. The number of β-amino-alcohol motifs (C(OH)–C–C–N with tert-alkyl or cyclic N) is 1. The molecule has 2 heterocycles. The molecule has 3 aliphatic rings. The molecule has 1 atom stereocenters. The Morgan fingerprint density at radius 1 is 0.966 bits per heavy atom. The summed E-state index contributed by atoms with van der Waals surface area (Å²) < 4.78 is 0. The van der Waals surface area contributed by atoms with Gasteiger partial charge in [-0.2, -0.15) is 0 Å². The Kier molecular flexibility index (Phi) is 6.88. The van der Waals surface area contributed by atoms with Crippen molar-refractivity contribution in [2.75, 3.05) is 45.8 Å². The van der Waals surface area contributed by atoms with Crippen molar-refractivity contribution in [1.29, 1.82) is 0 Å². The number of aryl methyl sites for hydroxylation is 1. The number of likely N-dealkylation sites (tertiary alicyclic amines) is 1. The van der Waals surface area contributed by atoms with Gasteiger partial charge in [-0.15, -0.1) is 0 Å². The molecule has 0 bridgehead atoms. The Labute approximate surface area is 175 Å².